The van der Waals surface area contributed by atoms with Crippen LogP contribution in [0, 0.1) is 13.8 Å². The van der Waals surface area contributed by atoms with E-state index in [2.05, 4.69) is 183 Å². The highest BCUT2D eigenvalue weighted by atomic mass is 15.1. The Bertz CT molecular complexity index is 2230. The molecule has 0 fully saturated rings. The predicted octanol–water partition coefficient (Wildman–Crippen LogP) is 12.6. The number of benzene rings is 8. The third-order valence-electron chi connectivity index (χ3n) is 9.07. The fourth-order valence-electron chi connectivity index (χ4n) is 7.04. The van der Waals surface area contributed by atoms with Crippen molar-refractivity contribution in [3.05, 3.63) is 175 Å². The zero-order chi connectivity index (χ0) is 30.3. The first kappa shape index (κ1) is 26.9. The Morgan fingerprint density at radius 2 is 0.800 bits per heavy atom. The first-order valence-corrected chi connectivity index (χ1v) is 15.6. The molecule has 0 radical (unpaired) electrons. The van der Waals surface area contributed by atoms with Crippen LogP contribution in [0.2, 0.25) is 0 Å². The molecule has 0 heterocycles. The SMILES string of the molecule is Cc1cc(N(c2ccccc2)c2ccccc2)c(C)cc1-c1c2ccccc2c(-c2cccc3ccccc23)c2ccccc12. The van der Waals surface area contributed by atoms with Gasteiger partial charge in [0.25, 0.3) is 0 Å². The summed E-state index contributed by atoms with van der Waals surface area (Å²) < 4.78 is 0. The van der Waals surface area contributed by atoms with Crippen LogP contribution in [0.4, 0.5) is 17.1 Å². The van der Waals surface area contributed by atoms with Crippen molar-refractivity contribution >= 4 is 49.4 Å². The van der Waals surface area contributed by atoms with Crippen molar-refractivity contribution in [1.29, 1.82) is 0 Å². The van der Waals surface area contributed by atoms with Crippen LogP contribution >= 0.6 is 0 Å². The average molecular weight is 576 g/mol. The summed E-state index contributed by atoms with van der Waals surface area (Å²) in [5.41, 5.74) is 11.1. The van der Waals surface area contributed by atoms with Gasteiger partial charge >= 0.3 is 0 Å². The van der Waals surface area contributed by atoms with Gasteiger partial charge in [0.05, 0.1) is 0 Å². The molecule has 8 aromatic carbocycles. The van der Waals surface area contributed by atoms with Gasteiger partial charge < -0.3 is 4.90 Å². The summed E-state index contributed by atoms with van der Waals surface area (Å²) in [4.78, 5) is 2.37. The molecule has 45 heavy (non-hydrogen) atoms. The standard InChI is InChI=1S/C44H33N/c1-30-29-42(45(33-18-5-3-6-19-33)34-20-7-4-8-21-34)31(2)28-41(30)44-39-25-13-11-23-37(39)43(38-24-12-14-26-40(38)44)36-27-15-17-32-16-9-10-22-35(32)36/h3-29H,1-2H3. The molecule has 0 aliphatic carbocycles. The maximum absolute atomic E-state index is 2.40. The Hall–Kier alpha value is -5.66. The van der Waals surface area contributed by atoms with Crippen LogP contribution in [-0.4, -0.2) is 0 Å². The molecular weight excluding hydrogens is 542 g/mol. The fourth-order valence-corrected chi connectivity index (χ4v) is 7.04. The van der Waals surface area contributed by atoms with Crippen molar-refractivity contribution in [2.75, 3.05) is 4.90 Å². The Kier molecular flexibility index (Phi) is 6.65. The normalized spacial score (nSPS) is 11.3. The number of rotatable bonds is 5. The van der Waals surface area contributed by atoms with Crippen molar-refractivity contribution in [1.82, 2.24) is 0 Å². The highest BCUT2D eigenvalue weighted by Gasteiger charge is 2.21. The molecule has 0 aromatic heterocycles. The number of nitrogens with zero attached hydrogens (tertiary/aromatic N) is 1. The van der Waals surface area contributed by atoms with Gasteiger partial charge in [-0.05, 0) is 116 Å². The second-order valence-corrected chi connectivity index (χ2v) is 11.8. The molecule has 0 N–H and O–H groups in total. The van der Waals surface area contributed by atoms with Gasteiger partial charge in [-0.2, -0.15) is 0 Å². The van der Waals surface area contributed by atoms with Gasteiger partial charge in [0.2, 0.25) is 0 Å². The van der Waals surface area contributed by atoms with Gasteiger partial charge in [-0.15, -0.1) is 0 Å². The second kappa shape index (κ2) is 11.1. The summed E-state index contributed by atoms with van der Waals surface area (Å²) in [7, 11) is 0. The molecule has 0 aliphatic heterocycles. The summed E-state index contributed by atoms with van der Waals surface area (Å²) in [5, 5.41) is 7.64. The molecule has 1 heteroatoms. The smallest absolute Gasteiger partial charge is 0.0493 e. The lowest BCUT2D eigenvalue weighted by atomic mass is 9.83. The van der Waals surface area contributed by atoms with Crippen LogP contribution in [0.3, 0.4) is 0 Å². The molecule has 0 saturated heterocycles. The topological polar surface area (TPSA) is 3.24 Å². The summed E-state index contributed by atoms with van der Waals surface area (Å²) >= 11 is 0. The molecular formula is C44H33N. The number of anilines is 3. The number of para-hydroxylation sites is 2. The van der Waals surface area contributed by atoms with E-state index >= 15 is 0 Å². The molecule has 0 unspecified atom stereocenters. The fraction of sp³-hybridized carbons (Fsp3) is 0.0455. The number of aryl methyl sites for hydroxylation is 2. The van der Waals surface area contributed by atoms with Crippen LogP contribution in [-0.2, 0) is 0 Å². The molecule has 8 aromatic rings. The molecule has 8 rings (SSSR count). The average Bonchev–Trinajstić information content (AvgIpc) is 3.09. The van der Waals surface area contributed by atoms with Gasteiger partial charge in [0, 0.05) is 17.1 Å². The highest BCUT2D eigenvalue weighted by Crippen LogP contribution is 2.47. The predicted molar refractivity (Wildman–Crippen MR) is 194 cm³/mol. The molecule has 214 valence electrons. The first-order chi connectivity index (χ1) is 22.2. The van der Waals surface area contributed by atoms with E-state index < -0.39 is 0 Å². The van der Waals surface area contributed by atoms with Gasteiger partial charge in [0.15, 0.2) is 0 Å². The molecule has 0 bridgehead atoms. The van der Waals surface area contributed by atoms with Gasteiger partial charge in [0.1, 0.15) is 0 Å². The minimum Gasteiger partial charge on any atom is -0.310 e. The number of fused-ring (bicyclic) bond motifs is 3. The Balaban J connectivity index is 1.40. The minimum absolute atomic E-state index is 1.15. The Labute approximate surface area is 264 Å². The van der Waals surface area contributed by atoms with E-state index in [-0.39, 0.29) is 0 Å². The molecule has 0 aliphatic rings. The monoisotopic (exact) mass is 575 g/mol. The highest BCUT2D eigenvalue weighted by molar-refractivity contribution is 6.23. The lowest BCUT2D eigenvalue weighted by Crippen LogP contribution is -2.11. The van der Waals surface area contributed by atoms with Crippen LogP contribution in [0.5, 0.6) is 0 Å². The van der Waals surface area contributed by atoms with Crippen LogP contribution in [0.25, 0.3) is 54.6 Å². The zero-order valence-electron chi connectivity index (χ0n) is 25.5. The van der Waals surface area contributed by atoms with Crippen molar-refractivity contribution < 1.29 is 0 Å². The van der Waals surface area contributed by atoms with Crippen molar-refractivity contribution in [3.63, 3.8) is 0 Å². The van der Waals surface area contributed by atoms with E-state index in [1.807, 2.05) is 0 Å². The van der Waals surface area contributed by atoms with Gasteiger partial charge in [-0.1, -0.05) is 127 Å². The summed E-state index contributed by atoms with van der Waals surface area (Å²) in [6.07, 6.45) is 0. The molecule has 1 nitrogen and oxygen atoms in total. The lowest BCUT2D eigenvalue weighted by Gasteiger charge is -2.28. The van der Waals surface area contributed by atoms with Crippen molar-refractivity contribution in [2.45, 2.75) is 13.8 Å². The zero-order valence-corrected chi connectivity index (χ0v) is 25.5. The lowest BCUT2D eigenvalue weighted by molar-refractivity contribution is 1.24. The third kappa shape index (κ3) is 4.56. The van der Waals surface area contributed by atoms with Crippen molar-refractivity contribution in [3.8, 4) is 22.3 Å². The molecule has 0 spiro atoms. The van der Waals surface area contributed by atoms with Crippen molar-refractivity contribution in [2.24, 2.45) is 0 Å². The Morgan fingerprint density at radius 1 is 0.356 bits per heavy atom. The first-order valence-electron chi connectivity index (χ1n) is 15.6. The van der Waals surface area contributed by atoms with Crippen LogP contribution < -0.4 is 4.90 Å². The van der Waals surface area contributed by atoms with E-state index in [9.17, 15) is 0 Å². The summed E-state index contributed by atoms with van der Waals surface area (Å²) in [6, 6.07) is 59.4. The largest absolute Gasteiger partial charge is 0.310 e. The molecule has 0 amide bonds. The summed E-state index contributed by atoms with van der Waals surface area (Å²) in [6.45, 7) is 4.50. The van der Waals surface area contributed by atoms with Crippen LogP contribution in [0.1, 0.15) is 11.1 Å². The minimum atomic E-state index is 1.15. The number of hydrogen-bond donors (Lipinski definition) is 0. The molecule has 0 saturated carbocycles. The Morgan fingerprint density at radius 3 is 1.36 bits per heavy atom. The second-order valence-electron chi connectivity index (χ2n) is 11.8. The van der Waals surface area contributed by atoms with Gasteiger partial charge in [-0.3, -0.25) is 0 Å². The number of hydrogen-bond acceptors (Lipinski definition) is 1. The maximum Gasteiger partial charge on any atom is 0.0493 e. The maximum atomic E-state index is 2.40. The molecule has 0 atom stereocenters. The van der Waals surface area contributed by atoms with E-state index in [1.165, 1.54) is 71.4 Å². The van der Waals surface area contributed by atoms with E-state index in [4.69, 9.17) is 0 Å². The third-order valence-corrected chi connectivity index (χ3v) is 9.07. The van der Waals surface area contributed by atoms with Gasteiger partial charge in [-0.25, -0.2) is 0 Å². The quantitative estimate of drug-likeness (QED) is 0.185. The van der Waals surface area contributed by atoms with Crippen LogP contribution in [0.15, 0.2) is 164 Å². The van der Waals surface area contributed by atoms with E-state index in [0.717, 1.165) is 11.4 Å². The van der Waals surface area contributed by atoms with E-state index in [1.54, 1.807) is 0 Å². The summed E-state index contributed by atoms with van der Waals surface area (Å²) in [5.74, 6) is 0. The van der Waals surface area contributed by atoms with E-state index in [0.29, 0.717) is 0 Å².